The van der Waals surface area contributed by atoms with Crippen molar-refractivity contribution in [3.05, 3.63) is 19.8 Å². The highest BCUT2D eigenvalue weighted by Crippen LogP contribution is 2.35. The molecule has 1 aromatic heterocycles. The summed E-state index contributed by atoms with van der Waals surface area (Å²) in [6.45, 7) is 1.86. The molecule has 0 aromatic carbocycles. The average molecular weight is 251 g/mol. The number of nitriles is 1. The van der Waals surface area contributed by atoms with Gasteiger partial charge in [-0.2, -0.15) is 5.26 Å². The lowest BCUT2D eigenvalue weighted by Crippen LogP contribution is -1.81. The highest BCUT2D eigenvalue weighted by Gasteiger charge is 2.09. The Morgan fingerprint density at radius 1 is 1.82 bits per heavy atom. The Kier molecular flexibility index (Phi) is 2.94. The predicted octanol–water partition coefficient (Wildman–Crippen LogP) is 3.79. The van der Waals surface area contributed by atoms with Crippen molar-refractivity contribution in [2.45, 2.75) is 12.8 Å². The first-order chi connectivity index (χ1) is 5.15. The molecule has 0 bridgehead atoms. The summed E-state index contributed by atoms with van der Waals surface area (Å²) in [7, 11) is 0. The van der Waals surface area contributed by atoms with Crippen LogP contribution >= 0.6 is 38.9 Å². The number of hydrogen-bond donors (Lipinski definition) is 0. The van der Waals surface area contributed by atoms with Crippen LogP contribution in [0.4, 0.5) is 0 Å². The molecule has 0 aliphatic heterocycles. The molecular formula is C7H5BrClNS. The number of rotatable bonds is 1. The Labute approximate surface area is 82.7 Å². The van der Waals surface area contributed by atoms with E-state index in [0.29, 0.717) is 4.34 Å². The van der Waals surface area contributed by atoms with Crippen LogP contribution in [0.1, 0.15) is 17.7 Å². The molecule has 11 heavy (non-hydrogen) atoms. The second kappa shape index (κ2) is 3.57. The molecule has 58 valence electrons. The van der Waals surface area contributed by atoms with Gasteiger partial charge in [-0.25, -0.2) is 0 Å². The van der Waals surface area contributed by atoms with Crippen LogP contribution in [-0.4, -0.2) is 0 Å². The maximum absolute atomic E-state index is 8.59. The van der Waals surface area contributed by atoms with E-state index in [2.05, 4.69) is 22.0 Å². The minimum absolute atomic E-state index is 0.0659. The molecule has 0 aliphatic rings. The van der Waals surface area contributed by atoms with E-state index in [9.17, 15) is 0 Å². The monoisotopic (exact) mass is 249 g/mol. The van der Waals surface area contributed by atoms with E-state index < -0.39 is 0 Å². The van der Waals surface area contributed by atoms with Crippen molar-refractivity contribution in [1.82, 2.24) is 0 Å². The van der Waals surface area contributed by atoms with E-state index in [1.54, 1.807) is 0 Å². The lowest BCUT2D eigenvalue weighted by atomic mass is 10.2. The van der Waals surface area contributed by atoms with Crippen molar-refractivity contribution < 1.29 is 0 Å². The van der Waals surface area contributed by atoms with Crippen LogP contribution in [0.25, 0.3) is 0 Å². The molecule has 0 aliphatic carbocycles. The van der Waals surface area contributed by atoms with Crippen LogP contribution < -0.4 is 0 Å². The molecule has 4 heteroatoms. The fraction of sp³-hybridized carbons (Fsp3) is 0.286. The van der Waals surface area contributed by atoms with Crippen molar-refractivity contribution in [2.24, 2.45) is 0 Å². The summed E-state index contributed by atoms with van der Waals surface area (Å²) in [6, 6.07) is 4.04. The molecule has 1 rings (SSSR count). The highest BCUT2D eigenvalue weighted by molar-refractivity contribution is 9.10. The third-order valence-electron chi connectivity index (χ3n) is 1.28. The van der Waals surface area contributed by atoms with Crippen molar-refractivity contribution in [1.29, 1.82) is 5.26 Å². The molecule has 0 N–H and O–H groups in total. The second-order valence-electron chi connectivity index (χ2n) is 2.12. The summed E-state index contributed by atoms with van der Waals surface area (Å²) in [5.41, 5.74) is 0. The summed E-state index contributed by atoms with van der Waals surface area (Å²) in [5, 5.41) is 8.59. The zero-order chi connectivity index (χ0) is 8.43. The Morgan fingerprint density at radius 2 is 2.45 bits per heavy atom. The second-order valence-corrected chi connectivity index (χ2v) is 4.66. The van der Waals surface area contributed by atoms with Crippen molar-refractivity contribution in [3.63, 3.8) is 0 Å². The average Bonchev–Trinajstić information content (AvgIpc) is 2.31. The minimum atomic E-state index is -0.0659. The molecule has 1 aromatic rings. The third-order valence-corrected chi connectivity index (χ3v) is 3.94. The highest BCUT2D eigenvalue weighted by atomic mass is 79.9. The quantitative estimate of drug-likeness (QED) is 0.744. The van der Waals surface area contributed by atoms with Gasteiger partial charge in [-0.1, -0.05) is 11.6 Å². The topological polar surface area (TPSA) is 23.8 Å². The maximum atomic E-state index is 8.59. The first-order valence-corrected chi connectivity index (χ1v) is 4.98. The largest absolute Gasteiger partial charge is 0.198 e. The molecule has 0 radical (unpaired) electrons. The van der Waals surface area contributed by atoms with Gasteiger partial charge in [-0.05, 0) is 28.9 Å². The molecule has 1 heterocycles. The van der Waals surface area contributed by atoms with Gasteiger partial charge in [0, 0.05) is 9.35 Å². The van der Waals surface area contributed by atoms with Crippen LogP contribution in [-0.2, 0) is 0 Å². The smallest absolute Gasteiger partial charge is 0.107 e. The van der Waals surface area contributed by atoms with Crippen LogP contribution in [0.5, 0.6) is 0 Å². The van der Waals surface area contributed by atoms with Gasteiger partial charge in [0.1, 0.15) is 4.34 Å². The fourth-order valence-corrected chi connectivity index (χ4v) is 2.37. The van der Waals surface area contributed by atoms with Gasteiger partial charge in [0.05, 0.1) is 12.0 Å². The van der Waals surface area contributed by atoms with Crippen LogP contribution in [0, 0.1) is 11.3 Å². The standard InChI is InChI=1S/C7H5BrClNS/c1-4(3-10)6-2-5(8)7(9)11-6/h2,4H,1H3. The summed E-state index contributed by atoms with van der Waals surface area (Å²) >= 11 is 10.5. The summed E-state index contributed by atoms with van der Waals surface area (Å²) in [5.74, 6) is -0.0659. The first kappa shape index (κ1) is 9.05. The van der Waals surface area contributed by atoms with Gasteiger partial charge in [0.15, 0.2) is 0 Å². The van der Waals surface area contributed by atoms with E-state index in [-0.39, 0.29) is 5.92 Å². The Balaban J connectivity index is 2.99. The van der Waals surface area contributed by atoms with Gasteiger partial charge < -0.3 is 0 Å². The number of halogens is 2. The van der Waals surface area contributed by atoms with Gasteiger partial charge >= 0.3 is 0 Å². The molecule has 0 amide bonds. The molecule has 1 atom stereocenters. The van der Waals surface area contributed by atoms with Crippen molar-refractivity contribution in [2.75, 3.05) is 0 Å². The Hall–Kier alpha value is -0.0400. The molecule has 0 saturated carbocycles. The fourth-order valence-electron chi connectivity index (χ4n) is 0.640. The van der Waals surface area contributed by atoms with Crippen LogP contribution in [0.15, 0.2) is 10.5 Å². The lowest BCUT2D eigenvalue weighted by Gasteiger charge is -1.92. The van der Waals surface area contributed by atoms with Gasteiger partial charge in [0.2, 0.25) is 0 Å². The van der Waals surface area contributed by atoms with Crippen LogP contribution in [0.3, 0.4) is 0 Å². The lowest BCUT2D eigenvalue weighted by molar-refractivity contribution is 1.01. The Bertz CT molecular complexity index is 282. The third kappa shape index (κ3) is 1.96. The molecular weight excluding hydrogens is 246 g/mol. The zero-order valence-electron chi connectivity index (χ0n) is 5.77. The summed E-state index contributed by atoms with van der Waals surface area (Å²) < 4.78 is 1.59. The maximum Gasteiger partial charge on any atom is 0.107 e. The minimum Gasteiger partial charge on any atom is -0.198 e. The van der Waals surface area contributed by atoms with E-state index in [1.807, 2.05) is 13.0 Å². The normalized spacial score (nSPS) is 12.5. The SMILES string of the molecule is CC(C#N)c1cc(Br)c(Cl)s1. The van der Waals surface area contributed by atoms with Gasteiger partial charge in [0.25, 0.3) is 0 Å². The number of nitrogens with zero attached hydrogens (tertiary/aromatic N) is 1. The van der Waals surface area contributed by atoms with E-state index in [1.165, 1.54) is 11.3 Å². The van der Waals surface area contributed by atoms with E-state index in [0.717, 1.165) is 9.35 Å². The van der Waals surface area contributed by atoms with E-state index >= 15 is 0 Å². The van der Waals surface area contributed by atoms with E-state index in [4.69, 9.17) is 16.9 Å². The molecule has 1 unspecified atom stereocenters. The zero-order valence-corrected chi connectivity index (χ0v) is 8.92. The van der Waals surface area contributed by atoms with Gasteiger partial charge in [-0.3, -0.25) is 0 Å². The predicted molar refractivity (Wildman–Crippen MR) is 51.1 cm³/mol. The summed E-state index contributed by atoms with van der Waals surface area (Å²) in [6.07, 6.45) is 0. The number of hydrogen-bond acceptors (Lipinski definition) is 2. The van der Waals surface area contributed by atoms with Crippen molar-refractivity contribution >= 4 is 38.9 Å². The molecule has 1 nitrogen and oxygen atoms in total. The molecule has 0 saturated heterocycles. The van der Waals surface area contributed by atoms with Crippen LogP contribution in [0.2, 0.25) is 4.34 Å². The summed E-state index contributed by atoms with van der Waals surface area (Å²) in [4.78, 5) is 1.00. The Morgan fingerprint density at radius 3 is 2.82 bits per heavy atom. The first-order valence-electron chi connectivity index (χ1n) is 2.99. The van der Waals surface area contributed by atoms with Crippen molar-refractivity contribution in [3.8, 4) is 6.07 Å². The van der Waals surface area contributed by atoms with Gasteiger partial charge in [-0.15, -0.1) is 11.3 Å². The molecule has 0 spiro atoms. The molecule has 0 fully saturated rings. The number of thiophene rings is 1.